The largest absolute Gasteiger partial charge is 0.435 e. The number of hydrogen-bond acceptors (Lipinski definition) is 4. The highest BCUT2D eigenvalue weighted by Crippen LogP contribution is 2.27. The van der Waals surface area contributed by atoms with Crippen LogP contribution in [-0.4, -0.2) is 27.4 Å². The van der Waals surface area contributed by atoms with Crippen LogP contribution in [0, 0.1) is 0 Å². The quantitative estimate of drug-likeness (QED) is 0.856. The van der Waals surface area contributed by atoms with Crippen molar-refractivity contribution < 1.29 is 18.3 Å². The van der Waals surface area contributed by atoms with Gasteiger partial charge in [-0.05, 0) is 25.5 Å². The summed E-state index contributed by atoms with van der Waals surface area (Å²) in [4.78, 5) is 0. The van der Waals surface area contributed by atoms with Gasteiger partial charge < -0.3 is 10.4 Å². The molecule has 0 radical (unpaired) electrons. The molecule has 0 bridgehead atoms. The molecule has 1 aromatic rings. The molecular formula is C11H16F3N3O. The molecule has 18 heavy (non-hydrogen) atoms. The summed E-state index contributed by atoms with van der Waals surface area (Å²) >= 11 is 0. The van der Waals surface area contributed by atoms with E-state index in [1.807, 2.05) is 6.92 Å². The molecule has 7 heteroatoms. The second kappa shape index (κ2) is 5.51. The summed E-state index contributed by atoms with van der Waals surface area (Å²) in [5, 5.41) is 19.1. The molecule has 0 spiro atoms. The van der Waals surface area contributed by atoms with E-state index in [0.717, 1.165) is 12.5 Å². The fourth-order valence-electron chi connectivity index (χ4n) is 1.49. The first-order valence-electron chi connectivity index (χ1n) is 5.62. The van der Waals surface area contributed by atoms with Gasteiger partial charge in [-0.2, -0.15) is 13.2 Å². The van der Waals surface area contributed by atoms with Crippen molar-refractivity contribution in [3.05, 3.63) is 17.8 Å². The van der Waals surface area contributed by atoms with Crippen LogP contribution in [0.1, 0.15) is 32.4 Å². The Morgan fingerprint density at radius 3 is 2.39 bits per heavy atom. The molecule has 1 aromatic heterocycles. The molecule has 0 fully saturated rings. The van der Waals surface area contributed by atoms with Crippen molar-refractivity contribution in [1.82, 2.24) is 10.2 Å². The maximum Gasteiger partial charge on any atom is 0.435 e. The van der Waals surface area contributed by atoms with Gasteiger partial charge in [-0.3, -0.25) is 0 Å². The van der Waals surface area contributed by atoms with E-state index in [-0.39, 0.29) is 12.4 Å². The van der Waals surface area contributed by atoms with E-state index < -0.39 is 17.5 Å². The highest BCUT2D eigenvalue weighted by atomic mass is 19.4. The summed E-state index contributed by atoms with van der Waals surface area (Å²) in [7, 11) is 0. The van der Waals surface area contributed by atoms with Gasteiger partial charge in [-0.15, -0.1) is 10.2 Å². The lowest BCUT2D eigenvalue weighted by atomic mass is 10.0. The van der Waals surface area contributed by atoms with Crippen molar-refractivity contribution >= 4 is 5.82 Å². The molecule has 1 rings (SSSR count). The molecule has 0 aliphatic heterocycles. The number of alkyl halides is 3. The third kappa shape index (κ3) is 4.48. The summed E-state index contributed by atoms with van der Waals surface area (Å²) in [5.74, 6) is 0.208. The Kier molecular flexibility index (Phi) is 4.50. The maximum atomic E-state index is 12.2. The zero-order valence-corrected chi connectivity index (χ0v) is 10.3. The predicted octanol–water partition coefficient (Wildman–Crippen LogP) is 2.46. The predicted molar refractivity (Wildman–Crippen MR) is 61.1 cm³/mol. The van der Waals surface area contributed by atoms with E-state index in [9.17, 15) is 18.3 Å². The average molecular weight is 263 g/mol. The summed E-state index contributed by atoms with van der Waals surface area (Å²) in [6, 6.07) is 2.04. The zero-order chi connectivity index (χ0) is 13.8. The number of aromatic nitrogens is 2. The standard InChI is InChI=1S/C11H16F3N3O/c1-3-6-10(2,18)7-15-9-5-4-8(16-17-9)11(12,13)14/h4-5,18H,3,6-7H2,1-2H3,(H,15,17). The molecule has 0 saturated heterocycles. The van der Waals surface area contributed by atoms with Crippen LogP contribution in [0.3, 0.4) is 0 Å². The molecule has 0 aliphatic carbocycles. The molecular weight excluding hydrogens is 247 g/mol. The van der Waals surface area contributed by atoms with Crippen LogP contribution in [0.5, 0.6) is 0 Å². The summed E-state index contributed by atoms with van der Waals surface area (Å²) in [5.41, 5.74) is -1.95. The first kappa shape index (κ1) is 14.7. The highest BCUT2D eigenvalue weighted by molar-refractivity contribution is 5.33. The van der Waals surface area contributed by atoms with Crippen LogP contribution in [-0.2, 0) is 6.18 Å². The molecule has 2 N–H and O–H groups in total. The molecule has 0 amide bonds. The number of nitrogens with zero attached hydrogens (tertiary/aromatic N) is 2. The number of anilines is 1. The van der Waals surface area contributed by atoms with Crippen LogP contribution in [0.15, 0.2) is 12.1 Å². The lowest BCUT2D eigenvalue weighted by molar-refractivity contribution is -0.141. The van der Waals surface area contributed by atoms with Gasteiger partial charge in [0, 0.05) is 6.54 Å². The molecule has 0 aromatic carbocycles. The fourth-order valence-corrected chi connectivity index (χ4v) is 1.49. The van der Waals surface area contributed by atoms with E-state index in [0.29, 0.717) is 6.42 Å². The minimum Gasteiger partial charge on any atom is -0.388 e. The smallest absolute Gasteiger partial charge is 0.388 e. The van der Waals surface area contributed by atoms with Crippen LogP contribution in [0.25, 0.3) is 0 Å². The summed E-state index contributed by atoms with van der Waals surface area (Å²) in [6.45, 7) is 3.80. The molecule has 0 aliphatic rings. The van der Waals surface area contributed by atoms with Crippen molar-refractivity contribution in [3.63, 3.8) is 0 Å². The number of halogens is 3. The van der Waals surface area contributed by atoms with Gasteiger partial charge in [0.2, 0.25) is 0 Å². The molecule has 1 unspecified atom stereocenters. The van der Waals surface area contributed by atoms with E-state index in [1.165, 1.54) is 6.07 Å². The Hall–Kier alpha value is -1.37. The van der Waals surface area contributed by atoms with Crippen LogP contribution < -0.4 is 5.32 Å². The second-order valence-electron chi connectivity index (χ2n) is 4.40. The van der Waals surface area contributed by atoms with Gasteiger partial charge in [-0.1, -0.05) is 13.3 Å². The van der Waals surface area contributed by atoms with E-state index in [2.05, 4.69) is 15.5 Å². The summed E-state index contributed by atoms with van der Waals surface area (Å²) in [6.07, 6.45) is -3.08. The number of hydrogen-bond donors (Lipinski definition) is 2. The van der Waals surface area contributed by atoms with Crippen molar-refractivity contribution in [3.8, 4) is 0 Å². The molecule has 4 nitrogen and oxygen atoms in total. The van der Waals surface area contributed by atoms with E-state index in [4.69, 9.17) is 0 Å². The highest BCUT2D eigenvalue weighted by Gasteiger charge is 2.32. The van der Waals surface area contributed by atoms with Gasteiger partial charge in [-0.25, -0.2) is 0 Å². The van der Waals surface area contributed by atoms with E-state index >= 15 is 0 Å². The van der Waals surface area contributed by atoms with Gasteiger partial charge >= 0.3 is 6.18 Å². The zero-order valence-electron chi connectivity index (χ0n) is 10.3. The average Bonchev–Trinajstić information content (AvgIpc) is 2.26. The van der Waals surface area contributed by atoms with Crippen molar-refractivity contribution in [2.45, 2.75) is 38.5 Å². The topological polar surface area (TPSA) is 58.0 Å². The number of rotatable bonds is 5. The maximum absolute atomic E-state index is 12.2. The Bertz CT molecular complexity index is 376. The molecule has 1 atom stereocenters. The van der Waals surface area contributed by atoms with Gasteiger partial charge in [0.15, 0.2) is 5.69 Å². The van der Waals surface area contributed by atoms with Crippen LogP contribution in [0.4, 0.5) is 19.0 Å². The van der Waals surface area contributed by atoms with Gasteiger partial charge in [0.05, 0.1) is 5.60 Å². The Balaban J connectivity index is 2.60. The lowest BCUT2D eigenvalue weighted by Gasteiger charge is -2.23. The normalized spacial score (nSPS) is 15.2. The SMILES string of the molecule is CCCC(C)(O)CNc1ccc(C(F)(F)F)nn1. The third-order valence-electron chi connectivity index (χ3n) is 2.39. The van der Waals surface area contributed by atoms with Gasteiger partial charge in [0.1, 0.15) is 5.82 Å². The first-order valence-corrected chi connectivity index (χ1v) is 5.62. The Morgan fingerprint density at radius 1 is 1.28 bits per heavy atom. The minimum absolute atomic E-state index is 0.208. The van der Waals surface area contributed by atoms with Crippen molar-refractivity contribution in [1.29, 1.82) is 0 Å². The Labute approximate surface area is 103 Å². The monoisotopic (exact) mass is 263 g/mol. The summed E-state index contributed by atoms with van der Waals surface area (Å²) < 4.78 is 36.7. The van der Waals surface area contributed by atoms with Crippen LogP contribution in [0.2, 0.25) is 0 Å². The number of nitrogens with one attached hydrogen (secondary N) is 1. The van der Waals surface area contributed by atoms with Crippen molar-refractivity contribution in [2.75, 3.05) is 11.9 Å². The Morgan fingerprint density at radius 2 is 1.94 bits per heavy atom. The molecule has 102 valence electrons. The van der Waals surface area contributed by atoms with E-state index in [1.54, 1.807) is 6.92 Å². The molecule has 0 saturated carbocycles. The van der Waals surface area contributed by atoms with Crippen molar-refractivity contribution in [2.24, 2.45) is 0 Å². The third-order valence-corrected chi connectivity index (χ3v) is 2.39. The van der Waals surface area contributed by atoms with Crippen LogP contribution >= 0.6 is 0 Å². The molecule has 1 heterocycles. The fraction of sp³-hybridized carbons (Fsp3) is 0.636. The number of aliphatic hydroxyl groups is 1. The first-order chi connectivity index (χ1) is 8.24. The van der Waals surface area contributed by atoms with Gasteiger partial charge in [0.25, 0.3) is 0 Å². The lowest BCUT2D eigenvalue weighted by Crippen LogP contribution is -2.33. The minimum atomic E-state index is -4.49. The second-order valence-corrected chi connectivity index (χ2v) is 4.40.